The average Bonchev–Trinajstić information content (AvgIpc) is 2.30. The largest absolute Gasteiger partial charge is 0.508 e. The van der Waals surface area contributed by atoms with Crippen LogP contribution in [0.3, 0.4) is 0 Å². The summed E-state index contributed by atoms with van der Waals surface area (Å²) >= 11 is 0. The summed E-state index contributed by atoms with van der Waals surface area (Å²) in [6.07, 6.45) is 11.5. The van der Waals surface area contributed by atoms with Crippen molar-refractivity contribution in [3.05, 3.63) is 42.0 Å². The Kier molecular flexibility index (Phi) is 6.39. The number of phenolic OH excluding ortho intramolecular Hbond substituents is 1. The molecular weight excluding hydrogens is 196 g/mol. The average molecular weight is 218 g/mol. The van der Waals surface area contributed by atoms with E-state index in [1.807, 2.05) is 18.2 Å². The first-order valence-corrected chi connectivity index (χ1v) is 6.26. The van der Waals surface area contributed by atoms with E-state index in [2.05, 4.69) is 19.1 Å². The monoisotopic (exact) mass is 218 g/mol. The van der Waals surface area contributed by atoms with Gasteiger partial charge >= 0.3 is 0 Å². The zero-order valence-electron chi connectivity index (χ0n) is 10.2. The lowest BCUT2D eigenvalue weighted by molar-refractivity contribution is 0.468. The molecular formula is C15H22O. The number of benzene rings is 1. The molecule has 1 heteroatoms. The molecule has 0 aliphatic carbocycles. The normalized spacial score (nSPS) is 11.1. The number of phenols is 1. The molecule has 0 bridgehead atoms. The highest BCUT2D eigenvalue weighted by molar-refractivity contribution is 5.31. The molecule has 0 radical (unpaired) electrons. The minimum Gasteiger partial charge on any atom is -0.508 e. The van der Waals surface area contributed by atoms with Crippen LogP contribution in [0.15, 0.2) is 36.4 Å². The molecule has 0 saturated heterocycles. The van der Waals surface area contributed by atoms with Crippen molar-refractivity contribution in [3.63, 3.8) is 0 Å². The topological polar surface area (TPSA) is 20.2 Å². The fourth-order valence-electron chi connectivity index (χ4n) is 1.71. The Balaban J connectivity index is 2.18. The van der Waals surface area contributed by atoms with Crippen LogP contribution in [0.1, 0.15) is 44.6 Å². The quantitative estimate of drug-likeness (QED) is 0.529. The zero-order chi connectivity index (χ0) is 11.6. The summed E-state index contributed by atoms with van der Waals surface area (Å²) in [7, 11) is 0. The Labute approximate surface area is 98.8 Å². The Bertz CT molecular complexity index is 315. The number of allylic oxidation sites excluding steroid dienone is 2. The van der Waals surface area contributed by atoms with Crippen LogP contribution in [-0.2, 0) is 6.42 Å². The maximum atomic E-state index is 9.56. The molecule has 0 aromatic heterocycles. The predicted octanol–water partition coefficient (Wildman–Crippen LogP) is 4.46. The van der Waals surface area contributed by atoms with Gasteiger partial charge in [0.05, 0.1) is 0 Å². The molecule has 0 spiro atoms. The maximum absolute atomic E-state index is 9.56. The molecule has 1 rings (SSSR count). The van der Waals surface area contributed by atoms with Crippen molar-refractivity contribution >= 4 is 0 Å². The highest BCUT2D eigenvalue weighted by atomic mass is 16.3. The van der Waals surface area contributed by atoms with Crippen LogP contribution in [0.4, 0.5) is 0 Å². The smallest absolute Gasteiger partial charge is 0.118 e. The van der Waals surface area contributed by atoms with Gasteiger partial charge in [-0.15, -0.1) is 0 Å². The van der Waals surface area contributed by atoms with Gasteiger partial charge in [-0.3, -0.25) is 0 Å². The number of hydrogen-bond donors (Lipinski definition) is 1. The Morgan fingerprint density at radius 2 is 1.81 bits per heavy atom. The molecule has 0 fully saturated rings. The van der Waals surface area contributed by atoms with Gasteiger partial charge in [-0.05, 0) is 37.3 Å². The van der Waals surface area contributed by atoms with Gasteiger partial charge < -0.3 is 5.11 Å². The van der Waals surface area contributed by atoms with Gasteiger partial charge in [0.25, 0.3) is 0 Å². The molecule has 0 aliphatic rings. The first-order chi connectivity index (χ1) is 7.84. The summed E-state index contributed by atoms with van der Waals surface area (Å²) in [5, 5.41) is 9.56. The third-order valence-electron chi connectivity index (χ3n) is 2.71. The van der Waals surface area contributed by atoms with E-state index in [0.29, 0.717) is 5.75 Å². The van der Waals surface area contributed by atoms with E-state index < -0.39 is 0 Å². The van der Waals surface area contributed by atoms with Gasteiger partial charge in [-0.1, -0.05) is 50.1 Å². The number of rotatable bonds is 7. The van der Waals surface area contributed by atoms with Crippen molar-refractivity contribution < 1.29 is 5.11 Å². The zero-order valence-corrected chi connectivity index (χ0v) is 10.2. The van der Waals surface area contributed by atoms with Crippen LogP contribution >= 0.6 is 0 Å². The van der Waals surface area contributed by atoms with Crippen LogP contribution < -0.4 is 0 Å². The molecule has 1 nitrogen and oxygen atoms in total. The predicted molar refractivity (Wildman–Crippen MR) is 69.7 cm³/mol. The van der Waals surface area contributed by atoms with Crippen molar-refractivity contribution in [2.45, 2.75) is 45.4 Å². The molecule has 0 saturated carbocycles. The molecule has 0 unspecified atom stereocenters. The number of para-hydroxylation sites is 1. The molecule has 0 atom stereocenters. The van der Waals surface area contributed by atoms with Crippen molar-refractivity contribution in [2.75, 3.05) is 0 Å². The summed E-state index contributed by atoms with van der Waals surface area (Å²) in [6, 6.07) is 7.57. The summed E-state index contributed by atoms with van der Waals surface area (Å²) < 4.78 is 0. The van der Waals surface area contributed by atoms with E-state index in [1.165, 1.54) is 25.7 Å². The van der Waals surface area contributed by atoms with E-state index in [9.17, 15) is 5.11 Å². The van der Waals surface area contributed by atoms with Crippen LogP contribution in [0.2, 0.25) is 0 Å². The van der Waals surface area contributed by atoms with Gasteiger partial charge in [-0.2, -0.15) is 0 Å². The second-order valence-corrected chi connectivity index (χ2v) is 4.13. The van der Waals surface area contributed by atoms with Crippen LogP contribution in [0, 0.1) is 0 Å². The Hall–Kier alpha value is -1.24. The van der Waals surface area contributed by atoms with Crippen LogP contribution in [0.25, 0.3) is 0 Å². The van der Waals surface area contributed by atoms with Gasteiger partial charge in [0.15, 0.2) is 0 Å². The third-order valence-corrected chi connectivity index (χ3v) is 2.71. The lowest BCUT2D eigenvalue weighted by atomic mass is 10.1. The first-order valence-electron chi connectivity index (χ1n) is 6.26. The minimum atomic E-state index is 0.418. The molecule has 16 heavy (non-hydrogen) atoms. The molecule has 0 aliphatic heterocycles. The van der Waals surface area contributed by atoms with Crippen molar-refractivity contribution in [3.8, 4) is 5.75 Å². The second-order valence-electron chi connectivity index (χ2n) is 4.13. The molecule has 1 aromatic rings. The number of unbranched alkanes of at least 4 members (excludes halogenated alkanes) is 3. The number of hydrogen-bond acceptors (Lipinski definition) is 1. The molecule has 0 heterocycles. The lowest BCUT2D eigenvalue weighted by Gasteiger charge is -2.01. The second kappa shape index (κ2) is 7.98. The summed E-state index contributed by atoms with van der Waals surface area (Å²) in [5.41, 5.74) is 1.04. The molecule has 1 N–H and O–H groups in total. The SMILES string of the molecule is CCCCCC=CCCc1ccccc1O. The maximum Gasteiger partial charge on any atom is 0.118 e. The third kappa shape index (κ3) is 5.01. The van der Waals surface area contributed by atoms with Gasteiger partial charge in [-0.25, -0.2) is 0 Å². The van der Waals surface area contributed by atoms with Gasteiger partial charge in [0.1, 0.15) is 5.75 Å². The van der Waals surface area contributed by atoms with E-state index in [1.54, 1.807) is 6.07 Å². The first kappa shape index (κ1) is 12.8. The van der Waals surface area contributed by atoms with Crippen molar-refractivity contribution in [2.24, 2.45) is 0 Å². The van der Waals surface area contributed by atoms with Crippen molar-refractivity contribution in [1.82, 2.24) is 0 Å². The standard InChI is InChI=1S/C15H22O/c1-2-3-4-5-6-7-8-11-14-12-9-10-13-15(14)16/h6-7,9-10,12-13,16H,2-5,8,11H2,1H3. The number of aryl methyl sites for hydroxylation is 1. The Morgan fingerprint density at radius 1 is 1.06 bits per heavy atom. The fourth-order valence-corrected chi connectivity index (χ4v) is 1.71. The van der Waals surface area contributed by atoms with Crippen LogP contribution in [-0.4, -0.2) is 5.11 Å². The highest BCUT2D eigenvalue weighted by Crippen LogP contribution is 2.17. The Morgan fingerprint density at radius 3 is 2.56 bits per heavy atom. The minimum absolute atomic E-state index is 0.418. The molecule has 0 amide bonds. The van der Waals surface area contributed by atoms with E-state index >= 15 is 0 Å². The number of aromatic hydroxyl groups is 1. The summed E-state index contributed by atoms with van der Waals surface area (Å²) in [6.45, 7) is 2.22. The lowest BCUT2D eigenvalue weighted by Crippen LogP contribution is -1.83. The summed E-state index contributed by atoms with van der Waals surface area (Å²) in [4.78, 5) is 0. The fraction of sp³-hybridized carbons (Fsp3) is 0.467. The van der Waals surface area contributed by atoms with Gasteiger partial charge in [0.2, 0.25) is 0 Å². The van der Waals surface area contributed by atoms with E-state index in [-0.39, 0.29) is 0 Å². The highest BCUT2D eigenvalue weighted by Gasteiger charge is 1.96. The van der Waals surface area contributed by atoms with E-state index in [4.69, 9.17) is 0 Å². The van der Waals surface area contributed by atoms with Crippen LogP contribution in [0.5, 0.6) is 5.75 Å². The molecule has 88 valence electrons. The summed E-state index contributed by atoms with van der Waals surface area (Å²) in [5.74, 6) is 0.418. The van der Waals surface area contributed by atoms with Gasteiger partial charge in [0, 0.05) is 0 Å². The molecule has 1 aromatic carbocycles. The van der Waals surface area contributed by atoms with Crippen molar-refractivity contribution in [1.29, 1.82) is 0 Å². The van der Waals surface area contributed by atoms with E-state index in [0.717, 1.165) is 18.4 Å².